The smallest absolute Gasteiger partial charge is 0.335 e. The molecule has 0 aliphatic rings. The van der Waals surface area contributed by atoms with E-state index in [0.29, 0.717) is 12.4 Å². The largest absolute Gasteiger partial charge is 0.497 e. The van der Waals surface area contributed by atoms with Crippen LogP contribution < -0.4 is 14.2 Å². The van der Waals surface area contributed by atoms with Crippen molar-refractivity contribution >= 4 is 5.97 Å². The number of hydrogen-bond donors (Lipinski definition) is 0. The molecule has 0 saturated carbocycles. The summed E-state index contributed by atoms with van der Waals surface area (Å²) in [6, 6.07) is 21.4. The van der Waals surface area contributed by atoms with Gasteiger partial charge in [-0.3, -0.25) is 0 Å². The number of ether oxygens (including phenoxy) is 3. The third-order valence-corrected chi connectivity index (χ3v) is 4.53. The molecule has 30 heavy (non-hydrogen) atoms. The Morgan fingerprint density at radius 1 is 0.900 bits per heavy atom. The summed E-state index contributed by atoms with van der Waals surface area (Å²) < 4.78 is 16.4. The maximum atomic E-state index is 11.4. The quantitative estimate of drug-likeness (QED) is 0.199. The van der Waals surface area contributed by atoms with Crippen LogP contribution in [0.3, 0.4) is 0 Å². The van der Waals surface area contributed by atoms with E-state index in [4.69, 9.17) is 14.2 Å². The lowest BCUT2D eigenvalue weighted by Crippen LogP contribution is -2.02. The normalized spacial score (nSPS) is 10.6. The lowest BCUT2D eigenvalue weighted by Gasteiger charge is -2.14. The molecule has 0 aliphatic heterocycles. The van der Waals surface area contributed by atoms with E-state index in [1.165, 1.54) is 0 Å². The van der Waals surface area contributed by atoms with Crippen molar-refractivity contribution in [3.8, 4) is 39.5 Å². The Morgan fingerprint density at radius 2 is 1.53 bits per heavy atom. The number of benzene rings is 3. The maximum absolute atomic E-state index is 11.4. The monoisotopic (exact) mass is 400 g/mol. The van der Waals surface area contributed by atoms with E-state index in [-0.39, 0.29) is 0 Å². The minimum atomic E-state index is -0.484. The van der Waals surface area contributed by atoms with Crippen LogP contribution in [0, 0.1) is 0 Å². The standard InChI is InChI=1S/C26H24O4/c1-4-6-17-29-25-18-21(19-7-12-22(28-3)13-8-19)11-16-24(25)20-9-14-23(15-10-20)30-26(27)5-2/h4-16,18H,2,17H2,1,3H3/b6-4+. The van der Waals surface area contributed by atoms with Gasteiger partial charge in [0.15, 0.2) is 0 Å². The molecule has 0 N–H and O–H groups in total. The first-order valence-corrected chi connectivity index (χ1v) is 9.61. The van der Waals surface area contributed by atoms with Crippen LogP contribution in [-0.2, 0) is 4.79 Å². The first kappa shape index (κ1) is 20.9. The van der Waals surface area contributed by atoms with Gasteiger partial charge in [0.05, 0.1) is 7.11 Å². The number of methoxy groups -OCH3 is 1. The van der Waals surface area contributed by atoms with Crippen LogP contribution >= 0.6 is 0 Å². The van der Waals surface area contributed by atoms with Gasteiger partial charge in [0.1, 0.15) is 23.9 Å². The summed E-state index contributed by atoms with van der Waals surface area (Å²) in [5.74, 6) is 1.58. The van der Waals surface area contributed by atoms with E-state index < -0.39 is 5.97 Å². The molecule has 3 aromatic rings. The van der Waals surface area contributed by atoms with E-state index in [9.17, 15) is 4.79 Å². The van der Waals surface area contributed by atoms with Gasteiger partial charge in [0.2, 0.25) is 0 Å². The second kappa shape index (κ2) is 10.1. The van der Waals surface area contributed by atoms with Gasteiger partial charge in [-0.1, -0.05) is 55.1 Å². The van der Waals surface area contributed by atoms with Crippen LogP contribution in [0.25, 0.3) is 22.3 Å². The Morgan fingerprint density at radius 3 is 2.17 bits per heavy atom. The molecule has 0 bridgehead atoms. The van der Waals surface area contributed by atoms with Crippen molar-refractivity contribution in [3.05, 3.63) is 91.5 Å². The third kappa shape index (κ3) is 5.17. The SMILES string of the molecule is C=CC(=O)Oc1ccc(-c2ccc(-c3ccc(OC)cc3)cc2OC/C=C/C)cc1. The summed E-state index contributed by atoms with van der Waals surface area (Å²) in [5.41, 5.74) is 4.04. The molecule has 0 heterocycles. The zero-order valence-corrected chi connectivity index (χ0v) is 17.1. The van der Waals surface area contributed by atoms with E-state index in [0.717, 1.165) is 39.8 Å². The molecule has 4 nitrogen and oxygen atoms in total. The first-order chi connectivity index (χ1) is 14.6. The van der Waals surface area contributed by atoms with Gasteiger partial charge < -0.3 is 14.2 Å². The molecule has 0 saturated heterocycles. The molecule has 0 amide bonds. The van der Waals surface area contributed by atoms with Gasteiger partial charge in [-0.05, 0) is 53.9 Å². The zero-order chi connectivity index (χ0) is 21.3. The summed E-state index contributed by atoms with van der Waals surface area (Å²) in [5, 5.41) is 0. The average molecular weight is 400 g/mol. The lowest BCUT2D eigenvalue weighted by molar-refractivity contribution is -0.128. The van der Waals surface area contributed by atoms with E-state index in [2.05, 4.69) is 12.6 Å². The van der Waals surface area contributed by atoms with Crippen LogP contribution in [0.15, 0.2) is 91.5 Å². The van der Waals surface area contributed by atoms with Gasteiger partial charge >= 0.3 is 5.97 Å². The molecule has 0 radical (unpaired) electrons. The van der Waals surface area contributed by atoms with Crippen LogP contribution in [0.1, 0.15) is 6.92 Å². The topological polar surface area (TPSA) is 44.8 Å². The highest BCUT2D eigenvalue weighted by Crippen LogP contribution is 2.35. The summed E-state index contributed by atoms with van der Waals surface area (Å²) >= 11 is 0. The van der Waals surface area contributed by atoms with E-state index in [1.54, 1.807) is 19.2 Å². The molecular formula is C26H24O4. The lowest BCUT2D eigenvalue weighted by atomic mass is 9.99. The Kier molecular flexibility index (Phi) is 7.06. The molecule has 3 rings (SSSR count). The van der Waals surface area contributed by atoms with Crippen molar-refractivity contribution in [3.63, 3.8) is 0 Å². The minimum Gasteiger partial charge on any atom is -0.497 e. The molecule has 3 aromatic carbocycles. The number of allylic oxidation sites excluding steroid dienone is 1. The number of esters is 1. The van der Waals surface area contributed by atoms with Crippen molar-refractivity contribution in [1.29, 1.82) is 0 Å². The van der Waals surface area contributed by atoms with E-state index in [1.807, 2.05) is 67.6 Å². The molecule has 0 unspecified atom stereocenters. The first-order valence-electron chi connectivity index (χ1n) is 9.61. The minimum absolute atomic E-state index is 0.467. The highest BCUT2D eigenvalue weighted by molar-refractivity contribution is 5.83. The van der Waals surface area contributed by atoms with Gasteiger partial charge in [-0.15, -0.1) is 0 Å². The second-order valence-corrected chi connectivity index (χ2v) is 6.47. The number of carbonyl (C=O) groups excluding carboxylic acids is 1. The van der Waals surface area contributed by atoms with Crippen LogP contribution in [0.5, 0.6) is 17.2 Å². The summed E-state index contributed by atoms with van der Waals surface area (Å²) in [7, 11) is 1.65. The molecule has 0 fully saturated rings. The van der Waals surface area contributed by atoms with Gasteiger partial charge in [0.25, 0.3) is 0 Å². The van der Waals surface area contributed by atoms with Crippen molar-refractivity contribution in [2.45, 2.75) is 6.92 Å². The Labute approximate surface area is 177 Å². The Balaban J connectivity index is 1.94. The highest BCUT2D eigenvalue weighted by atomic mass is 16.5. The summed E-state index contributed by atoms with van der Waals surface area (Å²) in [6.45, 7) is 5.84. The number of hydrogen-bond acceptors (Lipinski definition) is 4. The molecule has 4 heteroatoms. The van der Waals surface area contributed by atoms with Crippen molar-refractivity contribution in [2.24, 2.45) is 0 Å². The van der Waals surface area contributed by atoms with Gasteiger partial charge in [0, 0.05) is 11.6 Å². The molecular weight excluding hydrogens is 376 g/mol. The molecule has 152 valence electrons. The fraction of sp³-hybridized carbons (Fsp3) is 0.115. The van der Waals surface area contributed by atoms with Crippen LogP contribution in [-0.4, -0.2) is 19.7 Å². The summed E-state index contributed by atoms with van der Waals surface area (Å²) in [6.07, 6.45) is 5.05. The fourth-order valence-electron chi connectivity index (χ4n) is 2.94. The predicted octanol–water partition coefficient (Wildman–Crippen LogP) is 6.08. The van der Waals surface area contributed by atoms with Crippen LogP contribution in [0.4, 0.5) is 0 Å². The maximum Gasteiger partial charge on any atom is 0.335 e. The third-order valence-electron chi connectivity index (χ3n) is 4.53. The van der Waals surface area contributed by atoms with Crippen LogP contribution in [0.2, 0.25) is 0 Å². The fourth-order valence-corrected chi connectivity index (χ4v) is 2.94. The van der Waals surface area contributed by atoms with Gasteiger partial charge in [-0.2, -0.15) is 0 Å². The highest BCUT2D eigenvalue weighted by Gasteiger charge is 2.10. The zero-order valence-electron chi connectivity index (χ0n) is 17.1. The molecule has 0 aromatic heterocycles. The molecule has 0 atom stereocenters. The number of carbonyl (C=O) groups is 1. The second-order valence-electron chi connectivity index (χ2n) is 6.47. The Hall–Kier alpha value is -3.79. The van der Waals surface area contributed by atoms with Crippen molar-refractivity contribution in [2.75, 3.05) is 13.7 Å². The average Bonchev–Trinajstić information content (AvgIpc) is 2.80. The van der Waals surface area contributed by atoms with Crippen molar-refractivity contribution in [1.82, 2.24) is 0 Å². The molecule has 0 spiro atoms. The number of rotatable bonds is 8. The predicted molar refractivity (Wildman–Crippen MR) is 120 cm³/mol. The van der Waals surface area contributed by atoms with Crippen molar-refractivity contribution < 1.29 is 19.0 Å². The van der Waals surface area contributed by atoms with Gasteiger partial charge in [-0.25, -0.2) is 4.79 Å². The molecule has 0 aliphatic carbocycles. The summed E-state index contributed by atoms with van der Waals surface area (Å²) in [4.78, 5) is 11.4. The van der Waals surface area contributed by atoms with E-state index >= 15 is 0 Å². The Bertz CT molecular complexity index is 1030.